The van der Waals surface area contributed by atoms with Gasteiger partial charge in [0.1, 0.15) is 0 Å². The fourth-order valence-corrected chi connectivity index (χ4v) is 2.06. The number of thiol groups is 1. The van der Waals surface area contributed by atoms with Crippen molar-refractivity contribution in [3.8, 4) is 0 Å². The van der Waals surface area contributed by atoms with Gasteiger partial charge in [-0.1, -0.05) is 32.8 Å². The SMILES string of the molecule is CCCCN(CCCC)C(=O)c1cccc(S)c1. The predicted molar refractivity (Wildman–Crippen MR) is 79.4 cm³/mol. The zero-order chi connectivity index (χ0) is 13.4. The molecule has 3 heteroatoms. The Balaban J connectivity index is 2.73. The summed E-state index contributed by atoms with van der Waals surface area (Å²) in [6.45, 7) is 6.01. The molecule has 0 N–H and O–H groups in total. The first-order chi connectivity index (χ1) is 8.69. The Bertz CT molecular complexity index is 371. The maximum absolute atomic E-state index is 12.4. The van der Waals surface area contributed by atoms with Gasteiger partial charge in [-0.2, -0.15) is 0 Å². The van der Waals surface area contributed by atoms with E-state index in [9.17, 15) is 4.79 Å². The summed E-state index contributed by atoms with van der Waals surface area (Å²) in [6.07, 6.45) is 4.36. The molecule has 1 amide bonds. The first-order valence-corrected chi connectivity index (χ1v) is 7.22. The zero-order valence-corrected chi connectivity index (χ0v) is 12.2. The van der Waals surface area contributed by atoms with Crippen LogP contribution in [0.4, 0.5) is 0 Å². The van der Waals surface area contributed by atoms with Crippen LogP contribution in [-0.4, -0.2) is 23.9 Å². The van der Waals surface area contributed by atoms with Gasteiger partial charge in [0.25, 0.3) is 5.91 Å². The monoisotopic (exact) mass is 265 g/mol. The normalized spacial score (nSPS) is 10.4. The molecule has 0 aliphatic carbocycles. The summed E-state index contributed by atoms with van der Waals surface area (Å²) in [5.74, 6) is 0.132. The van der Waals surface area contributed by atoms with Crippen molar-refractivity contribution in [2.45, 2.75) is 44.4 Å². The standard InChI is InChI=1S/C15H23NOS/c1-3-5-10-16(11-6-4-2)15(17)13-8-7-9-14(18)12-13/h7-9,12,18H,3-6,10-11H2,1-2H3. The Morgan fingerprint density at radius 2 is 1.78 bits per heavy atom. The highest BCUT2D eigenvalue weighted by atomic mass is 32.1. The van der Waals surface area contributed by atoms with E-state index in [-0.39, 0.29) is 5.91 Å². The molecule has 2 nitrogen and oxygen atoms in total. The number of hydrogen-bond donors (Lipinski definition) is 1. The minimum Gasteiger partial charge on any atom is -0.339 e. The largest absolute Gasteiger partial charge is 0.339 e. The van der Waals surface area contributed by atoms with Crippen molar-refractivity contribution >= 4 is 18.5 Å². The quantitative estimate of drug-likeness (QED) is 0.738. The van der Waals surface area contributed by atoms with Crippen LogP contribution in [0, 0.1) is 0 Å². The Labute approximate surface area is 116 Å². The molecule has 0 aromatic heterocycles. The lowest BCUT2D eigenvalue weighted by atomic mass is 10.1. The van der Waals surface area contributed by atoms with Crippen LogP contribution < -0.4 is 0 Å². The summed E-state index contributed by atoms with van der Waals surface area (Å²) in [7, 11) is 0. The van der Waals surface area contributed by atoms with E-state index in [0.29, 0.717) is 0 Å². The maximum atomic E-state index is 12.4. The summed E-state index contributed by atoms with van der Waals surface area (Å²) in [6, 6.07) is 7.49. The molecule has 0 saturated carbocycles. The summed E-state index contributed by atoms with van der Waals surface area (Å²) < 4.78 is 0. The number of amides is 1. The second-order valence-corrected chi connectivity index (χ2v) is 5.07. The zero-order valence-electron chi connectivity index (χ0n) is 11.4. The van der Waals surface area contributed by atoms with Crippen LogP contribution in [0.15, 0.2) is 29.2 Å². The van der Waals surface area contributed by atoms with E-state index in [1.54, 1.807) is 0 Å². The van der Waals surface area contributed by atoms with Gasteiger partial charge >= 0.3 is 0 Å². The molecule has 0 aliphatic heterocycles. The molecule has 0 unspecified atom stereocenters. The van der Waals surface area contributed by atoms with Crippen LogP contribution in [0.1, 0.15) is 49.9 Å². The molecule has 0 fully saturated rings. The summed E-state index contributed by atoms with van der Waals surface area (Å²) >= 11 is 4.29. The van der Waals surface area contributed by atoms with Crippen molar-refractivity contribution in [3.63, 3.8) is 0 Å². The fourth-order valence-electron chi connectivity index (χ4n) is 1.83. The summed E-state index contributed by atoms with van der Waals surface area (Å²) in [5, 5.41) is 0. The predicted octanol–water partition coefficient (Wildman–Crippen LogP) is 4.02. The van der Waals surface area contributed by atoms with E-state index in [0.717, 1.165) is 49.2 Å². The third kappa shape index (κ3) is 4.73. The van der Waals surface area contributed by atoms with E-state index >= 15 is 0 Å². The van der Waals surface area contributed by atoms with Gasteiger partial charge in [-0.25, -0.2) is 0 Å². The van der Waals surface area contributed by atoms with Gasteiger partial charge in [-0.05, 0) is 31.0 Å². The fraction of sp³-hybridized carbons (Fsp3) is 0.533. The molecule has 1 aromatic rings. The molecule has 100 valence electrons. The number of unbranched alkanes of at least 4 members (excludes halogenated alkanes) is 2. The minimum absolute atomic E-state index is 0.132. The van der Waals surface area contributed by atoms with Gasteiger partial charge in [-0.15, -0.1) is 12.6 Å². The molecule has 0 saturated heterocycles. The Morgan fingerprint density at radius 1 is 1.17 bits per heavy atom. The molecule has 0 spiro atoms. The molecular formula is C15H23NOS. The Hall–Kier alpha value is -0.960. The molecule has 18 heavy (non-hydrogen) atoms. The van der Waals surface area contributed by atoms with Gasteiger partial charge in [0.05, 0.1) is 0 Å². The first kappa shape index (κ1) is 15.1. The molecule has 0 bridgehead atoms. The van der Waals surface area contributed by atoms with E-state index in [1.165, 1.54) is 0 Å². The van der Waals surface area contributed by atoms with Crippen molar-refractivity contribution in [2.24, 2.45) is 0 Å². The highest BCUT2D eigenvalue weighted by Crippen LogP contribution is 2.12. The lowest BCUT2D eigenvalue weighted by molar-refractivity contribution is 0.0751. The van der Waals surface area contributed by atoms with Crippen molar-refractivity contribution in [1.82, 2.24) is 4.90 Å². The molecule has 0 radical (unpaired) electrons. The van der Waals surface area contributed by atoms with Gasteiger partial charge in [0.2, 0.25) is 0 Å². The lowest BCUT2D eigenvalue weighted by Gasteiger charge is -2.22. The number of benzene rings is 1. The van der Waals surface area contributed by atoms with Gasteiger partial charge in [0, 0.05) is 23.5 Å². The summed E-state index contributed by atoms with van der Waals surface area (Å²) in [4.78, 5) is 15.2. The lowest BCUT2D eigenvalue weighted by Crippen LogP contribution is -2.32. The highest BCUT2D eigenvalue weighted by Gasteiger charge is 2.14. The number of carbonyl (C=O) groups excluding carboxylic acids is 1. The minimum atomic E-state index is 0.132. The average Bonchev–Trinajstić information content (AvgIpc) is 2.38. The summed E-state index contributed by atoms with van der Waals surface area (Å²) in [5.41, 5.74) is 0.745. The molecule has 0 aliphatic rings. The molecular weight excluding hydrogens is 242 g/mol. The van der Waals surface area contributed by atoms with Crippen LogP contribution >= 0.6 is 12.6 Å². The van der Waals surface area contributed by atoms with Gasteiger partial charge in [-0.3, -0.25) is 4.79 Å². The van der Waals surface area contributed by atoms with E-state index in [4.69, 9.17) is 0 Å². The molecule has 0 atom stereocenters. The number of rotatable bonds is 7. The topological polar surface area (TPSA) is 20.3 Å². The van der Waals surface area contributed by atoms with Crippen molar-refractivity contribution in [3.05, 3.63) is 29.8 Å². The second-order valence-electron chi connectivity index (χ2n) is 4.55. The van der Waals surface area contributed by atoms with Crippen LogP contribution in [0.2, 0.25) is 0 Å². The maximum Gasteiger partial charge on any atom is 0.253 e. The van der Waals surface area contributed by atoms with E-state index < -0.39 is 0 Å². The third-order valence-electron chi connectivity index (χ3n) is 2.94. The van der Waals surface area contributed by atoms with E-state index in [1.807, 2.05) is 29.2 Å². The van der Waals surface area contributed by atoms with E-state index in [2.05, 4.69) is 26.5 Å². The third-order valence-corrected chi connectivity index (χ3v) is 3.22. The van der Waals surface area contributed by atoms with Crippen molar-refractivity contribution < 1.29 is 4.79 Å². The average molecular weight is 265 g/mol. The first-order valence-electron chi connectivity index (χ1n) is 6.77. The van der Waals surface area contributed by atoms with Crippen molar-refractivity contribution in [1.29, 1.82) is 0 Å². The van der Waals surface area contributed by atoms with Crippen LogP contribution in [0.5, 0.6) is 0 Å². The smallest absolute Gasteiger partial charge is 0.253 e. The molecule has 1 rings (SSSR count). The number of carbonyl (C=O) groups is 1. The van der Waals surface area contributed by atoms with Gasteiger partial charge < -0.3 is 4.90 Å². The molecule has 0 heterocycles. The van der Waals surface area contributed by atoms with Crippen LogP contribution in [-0.2, 0) is 0 Å². The van der Waals surface area contributed by atoms with Gasteiger partial charge in [0.15, 0.2) is 0 Å². The van der Waals surface area contributed by atoms with Crippen molar-refractivity contribution in [2.75, 3.05) is 13.1 Å². The second kappa shape index (κ2) is 8.20. The number of nitrogens with zero attached hydrogens (tertiary/aromatic N) is 1. The molecule has 1 aromatic carbocycles. The Morgan fingerprint density at radius 3 is 2.28 bits per heavy atom. The van der Waals surface area contributed by atoms with Crippen LogP contribution in [0.25, 0.3) is 0 Å². The highest BCUT2D eigenvalue weighted by molar-refractivity contribution is 7.80. The number of hydrogen-bond acceptors (Lipinski definition) is 2. The Kier molecular flexibility index (Phi) is 6.88. The van der Waals surface area contributed by atoms with Crippen LogP contribution in [0.3, 0.4) is 0 Å².